The van der Waals surface area contributed by atoms with E-state index in [1.807, 2.05) is 12.2 Å². The van der Waals surface area contributed by atoms with Gasteiger partial charge in [0, 0.05) is 12.2 Å². The van der Waals surface area contributed by atoms with Crippen LogP contribution in [0.25, 0.3) is 0 Å². The molecule has 0 N–H and O–H groups in total. The largest absolute Gasteiger partial charge is 0.462 e. The van der Waals surface area contributed by atoms with Crippen molar-refractivity contribution in [1.82, 2.24) is 0 Å². The normalized spacial score (nSPS) is 11.6. The predicted octanol–water partition coefficient (Wildman–Crippen LogP) is 5.68. The smallest absolute Gasteiger partial charge is 0.331 e. The molecule has 0 aliphatic rings. The minimum Gasteiger partial charge on any atom is -0.462 e. The number of allylic oxidation sites excluding steroid dienone is 2. The summed E-state index contributed by atoms with van der Waals surface area (Å²) in [4.78, 5) is 22.9. The molecule has 0 bridgehead atoms. The Morgan fingerprint density at radius 1 is 0.615 bits per heavy atom. The van der Waals surface area contributed by atoms with Crippen molar-refractivity contribution >= 4 is 11.9 Å². The Kier molecular flexibility index (Phi) is 18.1. The van der Waals surface area contributed by atoms with Crippen LogP contribution in [0.4, 0.5) is 0 Å². The monoisotopic (exact) mass is 364 g/mol. The van der Waals surface area contributed by atoms with Gasteiger partial charge in [0.15, 0.2) is 0 Å². The highest BCUT2D eigenvalue weighted by Crippen LogP contribution is 2.01. The molecule has 148 valence electrons. The van der Waals surface area contributed by atoms with E-state index < -0.39 is 11.9 Å². The Labute approximate surface area is 159 Å². The van der Waals surface area contributed by atoms with Gasteiger partial charge in [-0.2, -0.15) is 0 Å². The van der Waals surface area contributed by atoms with Gasteiger partial charge in [-0.1, -0.05) is 63.8 Å². The predicted molar refractivity (Wildman–Crippen MR) is 107 cm³/mol. The number of carbonyl (C=O) groups is 2. The standard InChI is InChI=1S/C22H36O4/c1-3-5-7-9-11-13-15-19-25-21(23)17-18-22(24)26-20-16-14-12-10-8-6-4-2/h11-14,17-18H,3-10,15-16,19-20H2,1-2H3/b13-11-,14-12-,18-17+. The molecule has 0 atom stereocenters. The molecular weight excluding hydrogens is 328 g/mol. The fourth-order valence-corrected chi connectivity index (χ4v) is 2.18. The zero-order chi connectivity index (χ0) is 19.3. The van der Waals surface area contributed by atoms with Gasteiger partial charge in [0.1, 0.15) is 0 Å². The molecule has 0 fully saturated rings. The van der Waals surface area contributed by atoms with Crippen LogP contribution in [0, 0.1) is 0 Å². The maximum absolute atomic E-state index is 11.5. The van der Waals surface area contributed by atoms with Crippen LogP contribution in [0.15, 0.2) is 36.5 Å². The molecule has 0 saturated carbocycles. The lowest BCUT2D eigenvalue weighted by atomic mass is 10.2. The van der Waals surface area contributed by atoms with Crippen molar-refractivity contribution in [2.75, 3.05) is 13.2 Å². The third-order valence-corrected chi connectivity index (χ3v) is 3.70. The van der Waals surface area contributed by atoms with Crippen molar-refractivity contribution in [2.24, 2.45) is 0 Å². The quantitative estimate of drug-likeness (QED) is 0.153. The molecule has 0 unspecified atom stereocenters. The average Bonchev–Trinajstić information content (AvgIpc) is 2.64. The maximum atomic E-state index is 11.5. The third kappa shape index (κ3) is 18.5. The molecule has 0 aromatic heterocycles. The van der Waals surface area contributed by atoms with E-state index in [0.29, 0.717) is 26.1 Å². The van der Waals surface area contributed by atoms with Crippen molar-refractivity contribution < 1.29 is 19.1 Å². The fraction of sp³-hybridized carbons (Fsp3) is 0.636. The first kappa shape index (κ1) is 24.2. The highest BCUT2D eigenvalue weighted by atomic mass is 16.5. The van der Waals surface area contributed by atoms with Crippen LogP contribution in [0.2, 0.25) is 0 Å². The molecule has 0 radical (unpaired) electrons. The topological polar surface area (TPSA) is 52.6 Å². The van der Waals surface area contributed by atoms with Crippen molar-refractivity contribution in [1.29, 1.82) is 0 Å². The van der Waals surface area contributed by atoms with Crippen LogP contribution in [0.3, 0.4) is 0 Å². The minimum absolute atomic E-state index is 0.325. The van der Waals surface area contributed by atoms with E-state index in [-0.39, 0.29) is 0 Å². The van der Waals surface area contributed by atoms with Crippen LogP contribution >= 0.6 is 0 Å². The molecule has 26 heavy (non-hydrogen) atoms. The van der Waals surface area contributed by atoms with E-state index in [2.05, 4.69) is 26.0 Å². The lowest BCUT2D eigenvalue weighted by molar-refractivity contribution is -0.140. The number of hydrogen-bond donors (Lipinski definition) is 0. The number of unbranched alkanes of at least 4 members (excludes halogenated alkanes) is 6. The van der Waals surface area contributed by atoms with Gasteiger partial charge in [0.25, 0.3) is 0 Å². The van der Waals surface area contributed by atoms with Gasteiger partial charge < -0.3 is 9.47 Å². The van der Waals surface area contributed by atoms with E-state index >= 15 is 0 Å². The summed E-state index contributed by atoms with van der Waals surface area (Å²) in [5.74, 6) is -1.03. The Balaban J connectivity index is 3.62. The van der Waals surface area contributed by atoms with E-state index in [1.54, 1.807) is 0 Å². The lowest BCUT2D eigenvalue weighted by Crippen LogP contribution is -2.05. The summed E-state index contributed by atoms with van der Waals surface area (Å²) in [5.41, 5.74) is 0. The Morgan fingerprint density at radius 2 is 1.00 bits per heavy atom. The van der Waals surface area contributed by atoms with Gasteiger partial charge in [0.2, 0.25) is 0 Å². The third-order valence-electron chi connectivity index (χ3n) is 3.70. The molecule has 0 aromatic carbocycles. The number of hydrogen-bond acceptors (Lipinski definition) is 4. The summed E-state index contributed by atoms with van der Waals surface area (Å²) in [6, 6.07) is 0. The van der Waals surface area contributed by atoms with Crippen LogP contribution in [0.1, 0.15) is 78.1 Å². The molecule has 0 aromatic rings. The number of carbonyl (C=O) groups excluding carboxylic acids is 2. The molecule has 0 aliphatic carbocycles. The molecule has 4 heteroatoms. The number of ether oxygens (including phenoxy) is 2. The van der Waals surface area contributed by atoms with Crippen LogP contribution in [-0.2, 0) is 19.1 Å². The second kappa shape index (κ2) is 19.5. The van der Waals surface area contributed by atoms with Crippen molar-refractivity contribution in [3.63, 3.8) is 0 Å². The molecular formula is C22H36O4. The average molecular weight is 365 g/mol. The van der Waals surface area contributed by atoms with E-state index in [9.17, 15) is 9.59 Å². The Hall–Kier alpha value is -1.84. The van der Waals surface area contributed by atoms with Gasteiger partial charge in [-0.25, -0.2) is 9.59 Å². The number of esters is 2. The first-order chi connectivity index (χ1) is 12.7. The highest BCUT2D eigenvalue weighted by molar-refractivity contribution is 5.91. The summed E-state index contributed by atoms with van der Waals surface area (Å²) < 4.78 is 10.0. The van der Waals surface area contributed by atoms with Gasteiger partial charge in [0.05, 0.1) is 13.2 Å². The molecule has 0 spiro atoms. The van der Waals surface area contributed by atoms with Gasteiger partial charge in [-0.05, 0) is 38.5 Å². The molecule has 4 nitrogen and oxygen atoms in total. The van der Waals surface area contributed by atoms with Gasteiger partial charge >= 0.3 is 11.9 Å². The second-order valence-corrected chi connectivity index (χ2v) is 6.18. The zero-order valence-corrected chi connectivity index (χ0v) is 16.6. The first-order valence-electron chi connectivity index (χ1n) is 10.0. The van der Waals surface area contributed by atoms with Crippen molar-refractivity contribution in [3.8, 4) is 0 Å². The summed E-state index contributed by atoms with van der Waals surface area (Å²) in [6.45, 7) is 5.01. The molecule has 0 saturated heterocycles. The summed E-state index contributed by atoms with van der Waals surface area (Å²) in [6.07, 6.45) is 21.4. The zero-order valence-electron chi connectivity index (χ0n) is 16.6. The molecule has 0 heterocycles. The van der Waals surface area contributed by atoms with E-state index in [4.69, 9.17) is 9.47 Å². The van der Waals surface area contributed by atoms with Crippen molar-refractivity contribution in [3.05, 3.63) is 36.5 Å². The number of rotatable bonds is 16. The van der Waals surface area contributed by atoms with Gasteiger partial charge in [-0.3, -0.25) is 0 Å². The molecule has 0 aliphatic heterocycles. The molecule has 0 rings (SSSR count). The Morgan fingerprint density at radius 3 is 1.38 bits per heavy atom. The van der Waals surface area contributed by atoms with E-state index in [1.165, 1.54) is 38.5 Å². The first-order valence-corrected chi connectivity index (χ1v) is 10.0. The van der Waals surface area contributed by atoms with Crippen molar-refractivity contribution in [2.45, 2.75) is 78.1 Å². The maximum Gasteiger partial charge on any atom is 0.331 e. The fourth-order valence-electron chi connectivity index (χ4n) is 2.18. The van der Waals surface area contributed by atoms with Crippen LogP contribution in [0.5, 0.6) is 0 Å². The summed E-state index contributed by atoms with van der Waals surface area (Å²) in [7, 11) is 0. The molecule has 0 amide bonds. The van der Waals surface area contributed by atoms with Gasteiger partial charge in [-0.15, -0.1) is 0 Å². The van der Waals surface area contributed by atoms with E-state index in [0.717, 1.165) is 25.0 Å². The highest BCUT2D eigenvalue weighted by Gasteiger charge is 2.00. The summed E-state index contributed by atoms with van der Waals surface area (Å²) in [5, 5.41) is 0. The second-order valence-electron chi connectivity index (χ2n) is 6.18. The van der Waals surface area contributed by atoms with Crippen LogP contribution in [-0.4, -0.2) is 25.2 Å². The minimum atomic E-state index is -0.517. The Bertz CT molecular complexity index is 395. The summed E-state index contributed by atoms with van der Waals surface area (Å²) >= 11 is 0. The lowest BCUT2D eigenvalue weighted by Gasteiger charge is -2.00. The van der Waals surface area contributed by atoms with Crippen LogP contribution < -0.4 is 0 Å². The SMILES string of the molecule is CCCCC/C=C\CCOC(=O)/C=C/C(=O)OCC/C=C\CCCCC.